The van der Waals surface area contributed by atoms with Gasteiger partial charge in [-0.15, -0.1) is 0 Å². The first-order chi connectivity index (χ1) is 12.0. The number of aliphatic hydroxyl groups excluding tert-OH is 1. The fourth-order valence-corrected chi connectivity index (χ4v) is 2.49. The van der Waals surface area contributed by atoms with Crippen LogP contribution in [0.4, 0.5) is 10.2 Å². The zero-order valence-electron chi connectivity index (χ0n) is 14.2. The van der Waals surface area contributed by atoms with Gasteiger partial charge in [0.1, 0.15) is 11.6 Å². The maximum Gasteiger partial charge on any atom is 0.145 e. The van der Waals surface area contributed by atoms with E-state index in [0.717, 1.165) is 5.56 Å². The van der Waals surface area contributed by atoms with Gasteiger partial charge < -0.3 is 10.4 Å². The van der Waals surface area contributed by atoms with Gasteiger partial charge in [-0.2, -0.15) is 0 Å². The number of halogens is 1. The first-order valence-corrected chi connectivity index (χ1v) is 8.05. The number of anilines is 1. The summed E-state index contributed by atoms with van der Waals surface area (Å²) in [5.41, 5.74) is 1.71. The average Bonchev–Trinajstić information content (AvgIpc) is 2.63. The lowest BCUT2D eigenvalue weighted by Crippen LogP contribution is -2.35. The van der Waals surface area contributed by atoms with Gasteiger partial charge in [0.15, 0.2) is 0 Å². The molecule has 128 valence electrons. The van der Waals surface area contributed by atoms with E-state index in [-0.39, 0.29) is 12.4 Å². The fourth-order valence-electron chi connectivity index (χ4n) is 2.49. The van der Waals surface area contributed by atoms with Crippen molar-refractivity contribution in [3.8, 4) is 22.4 Å². The van der Waals surface area contributed by atoms with Crippen molar-refractivity contribution in [2.24, 2.45) is 0 Å². The molecule has 4 nitrogen and oxygen atoms in total. The summed E-state index contributed by atoms with van der Waals surface area (Å²) in [5.74, 6) is 0.210. The molecule has 0 aliphatic rings. The Bertz CT molecular complexity index is 849. The first-order valence-electron chi connectivity index (χ1n) is 8.05. The molecule has 0 fully saturated rings. The minimum Gasteiger partial charge on any atom is -0.394 e. The normalized spacial score (nSPS) is 11.4. The average molecular weight is 337 g/mol. The predicted molar refractivity (Wildman–Crippen MR) is 97.6 cm³/mol. The molecule has 0 radical (unpaired) electrons. The number of aliphatic hydroxyl groups is 1. The summed E-state index contributed by atoms with van der Waals surface area (Å²) in [6.45, 7) is 3.67. The summed E-state index contributed by atoms with van der Waals surface area (Å²) in [6.07, 6.45) is 3.07. The third-order valence-electron chi connectivity index (χ3n) is 3.87. The quantitative estimate of drug-likeness (QED) is 0.735. The van der Waals surface area contributed by atoms with Crippen molar-refractivity contribution in [3.63, 3.8) is 0 Å². The van der Waals surface area contributed by atoms with Crippen molar-refractivity contribution >= 4 is 5.82 Å². The molecule has 25 heavy (non-hydrogen) atoms. The number of rotatable bonds is 5. The van der Waals surface area contributed by atoms with Gasteiger partial charge in [-0.05, 0) is 25.5 Å². The van der Waals surface area contributed by atoms with Crippen molar-refractivity contribution in [2.75, 3.05) is 11.9 Å². The lowest BCUT2D eigenvalue weighted by atomic mass is 10.0. The van der Waals surface area contributed by atoms with E-state index in [1.165, 1.54) is 6.20 Å². The first kappa shape index (κ1) is 17.0. The van der Waals surface area contributed by atoms with Crippen LogP contribution in [0, 0.1) is 5.82 Å². The highest BCUT2D eigenvalue weighted by Gasteiger charge is 2.17. The third kappa shape index (κ3) is 3.83. The molecule has 2 N–H and O–H groups in total. The van der Waals surface area contributed by atoms with Crippen LogP contribution in [0.3, 0.4) is 0 Å². The molecule has 0 saturated heterocycles. The molecule has 0 aliphatic carbocycles. The van der Waals surface area contributed by atoms with E-state index in [1.807, 2.05) is 50.2 Å². The molecule has 1 aromatic heterocycles. The van der Waals surface area contributed by atoms with Gasteiger partial charge in [-0.1, -0.05) is 42.5 Å². The van der Waals surface area contributed by atoms with Crippen molar-refractivity contribution in [1.82, 2.24) is 9.97 Å². The fraction of sp³-hybridized carbons (Fsp3) is 0.200. The zero-order chi connectivity index (χ0) is 17.9. The number of hydrogen-bond donors (Lipinski definition) is 2. The van der Waals surface area contributed by atoms with Crippen molar-refractivity contribution in [2.45, 2.75) is 19.4 Å². The minimum atomic E-state index is -0.505. The van der Waals surface area contributed by atoms with Crippen LogP contribution in [-0.2, 0) is 0 Å². The van der Waals surface area contributed by atoms with E-state index in [1.54, 1.807) is 18.3 Å². The van der Waals surface area contributed by atoms with Crippen LogP contribution in [0.15, 0.2) is 60.9 Å². The van der Waals surface area contributed by atoms with Crippen LogP contribution in [0.2, 0.25) is 0 Å². The molecule has 3 aromatic rings. The Kier molecular flexibility index (Phi) is 4.76. The Labute approximate surface area is 146 Å². The molecule has 0 atom stereocenters. The van der Waals surface area contributed by atoms with Gasteiger partial charge in [0.25, 0.3) is 0 Å². The van der Waals surface area contributed by atoms with Gasteiger partial charge in [0.05, 0.1) is 30.2 Å². The van der Waals surface area contributed by atoms with E-state index in [9.17, 15) is 9.50 Å². The summed E-state index contributed by atoms with van der Waals surface area (Å²) in [4.78, 5) is 8.60. The standard InChI is InChI=1S/C20H20FN3O/c1-20(2,13-25)24-18-12-22-17(11-23-18)16-10-6-9-15(19(16)21)14-7-4-3-5-8-14/h3-12,25H,13H2,1-2H3,(H,23,24). The monoisotopic (exact) mass is 337 g/mol. The highest BCUT2D eigenvalue weighted by molar-refractivity contribution is 5.72. The van der Waals surface area contributed by atoms with Gasteiger partial charge in [-0.25, -0.2) is 9.37 Å². The zero-order valence-corrected chi connectivity index (χ0v) is 14.2. The SMILES string of the molecule is CC(C)(CO)Nc1cnc(-c2cccc(-c3ccccc3)c2F)cn1. The van der Waals surface area contributed by atoms with E-state index < -0.39 is 5.54 Å². The van der Waals surface area contributed by atoms with Crippen LogP contribution in [-0.4, -0.2) is 27.2 Å². The molecule has 5 heteroatoms. The number of hydrogen-bond acceptors (Lipinski definition) is 4. The van der Waals surface area contributed by atoms with Crippen LogP contribution < -0.4 is 5.32 Å². The molecule has 0 spiro atoms. The Hall–Kier alpha value is -2.79. The number of aromatic nitrogens is 2. The second-order valence-corrected chi connectivity index (χ2v) is 6.49. The minimum absolute atomic E-state index is 0.0375. The molecule has 0 aliphatic heterocycles. The highest BCUT2D eigenvalue weighted by atomic mass is 19.1. The third-order valence-corrected chi connectivity index (χ3v) is 3.87. The Morgan fingerprint density at radius 2 is 1.68 bits per heavy atom. The van der Waals surface area contributed by atoms with E-state index in [4.69, 9.17) is 0 Å². The van der Waals surface area contributed by atoms with Crippen LogP contribution in [0.5, 0.6) is 0 Å². The topological polar surface area (TPSA) is 58.0 Å². The van der Waals surface area contributed by atoms with E-state index in [2.05, 4.69) is 15.3 Å². The summed E-state index contributed by atoms with van der Waals surface area (Å²) in [5, 5.41) is 12.4. The maximum atomic E-state index is 15.0. The van der Waals surface area contributed by atoms with Crippen molar-refractivity contribution in [1.29, 1.82) is 0 Å². The molecule has 0 amide bonds. The van der Waals surface area contributed by atoms with Crippen molar-refractivity contribution in [3.05, 3.63) is 66.7 Å². The van der Waals surface area contributed by atoms with Gasteiger partial charge in [0, 0.05) is 11.1 Å². The molecule has 0 bridgehead atoms. The largest absolute Gasteiger partial charge is 0.394 e. The molecule has 2 aromatic carbocycles. The van der Waals surface area contributed by atoms with Crippen LogP contribution in [0.1, 0.15) is 13.8 Å². The summed E-state index contributed by atoms with van der Waals surface area (Å²) in [6, 6.07) is 14.7. The van der Waals surface area contributed by atoms with Crippen LogP contribution in [0.25, 0.3) is 22.4 Å². The van der Waals surface area contributed by atoms with Gasteiger partial charge in [0.2, 0.25) is 0 Å². The molecule has 1 heterocycles. The number of nitrogens with one attached hydrogen (secondary N) is 1. The maximum absolute atomic E-state index is 15.0. The molecule has 0 saturated carbocycles. The van der Waals surface area contributed by atoms with E-state index >= 15 is 0 Å². The molecular weight excluding hydrogens is 317 g/mol. The number of benzene rings is 2. The Balaban J connectivity index is 1.92. The number of nitrogens with zero attached hydrogens (tertiary/aromatic N) is 2. The Morgan fingerprint density at radius 3 is 2.32 bits per heavy atom. The Morgan fingerprint density at radius 1 is 0.960 bits per heavy atom. The second-order valence-electron chi connectivity index (χ2n) is 6.49. The molecule has 3 rings (SSSR count). The smallest absolute Gasteiger partial charge is 0.145 e. The predicted octanol–water partition coefficient (Wildman–Crippen LogP) is 4.13. The highest BCUT2D eigenvalue weighted by Crippen LogP contribution is 2.29. The summed E-state index contributed by atoms with van der Waals surface area (Å²) < 4.78 is 15.0. The van der Waals surface area contributed by atoms with Gasteiger partial charge in [-0.3, -0.25) is 4.98 Å². The summed E-state index contributed by atoms with van der Waals surface area (Å²) in [7, 11) is 0. The molecule has 0 unspecified atom stereocenters. The summed E-state index contributed by atoms with van der Waals surface area (Å²) >= 11 is 0. The van der Waals surface area contributed by atoms with Gasteiger partial charge >= 0.3 is 0 Å². The lowest BCUT2D eigenvalue weighted by molar-refractivity contribution is 0.234. The van der Waals surface area contributed by atoms with E-state index in [0.29, 0.717) is 22.6 Å². The second kappa shape index (κ2) is 6.99. The molecular formula is C20H20FN3O. The van der Waals surface area contributed by atoms with Crippen molar-refractivity contribution < 1.29 is 9.50 Å². The lowest BCUT2D eigenvalue weighted by Gasteiger charge is -2.23. The van der Waals surface area contributed by atoms with Crippen LogP contribution >= 0.6 is 0 Å².